The number of ketones is 1. The topological polar surface area (TPSA) is 75.5 Å². The zero-order valence-electron chi connectivity index (χ0n) is 20.2. The molecule has 0 saturated heterocycles. The molecule has 3 aromatic carbocycles. The van der Waals surface area contributed by atoms with Gasteiger partial charge < -0.3 is 14.2 Å². The minimum atomic E-state index is -0.618. The third kappa shape index (κ3) is 5.85. The number of hydrogen-bond donors (Lipinski definition) is 0. The van der Waals surface area contributed by atoms with Crippen LogP contribution in [0, 0.1) is 5.82 Å². The average molecular weight is 508 g/mol. The van der Waals surface area contributed by atoms with Crippen LogP contribution in [0.15, 0.2) is 71.9 Å². The fourth-order valence-corrected chi connectivity index (χ4v) is 4.46. The van der Waals surface area contributed by atoms with Crippen LogP contribution in [-0.2, 0) is 6.42 Å². The molecule has 0 aliphatic carbocycles. The molecule has 0 bridgehead atoms. The van der Waals surface area contributed by atoms with Crippen molar-refractivity contribution in [2.24, 2.45) is 0 Å². The van der Waals surface area contributed by atoms with Gasteiger partial charge in [0.2, 0.25) is 0 Å². The van der Waals surface area contributed by atoms with Crippen molar-refractivity contribution in [2.75, 3.05) is 26.6 Å². The Bertz CT molecular complexity index is 1320. The lowest BCUT2D eigenvalue weighted by atomic mass is 10.1. The van der Waals surface area contributed by atoms with Crippen LogP contribution in [0.5, 0.6) is 17.2 Å². The largest absolute Gasteiger partial charge is 0.497 e. The lowest BCUT2D eigenvalue weighted by molar-refractivity contribution is 0.101. The van der Waals surface area contributed by atoms with Crippen molar-refractivity contribution < 1.29 is 23.4 Å². The van der Waals surface area contributed by atoms with Crippen molar-refractivity contribution in [2.45, 2.75) is 18.5 Å². The second kappa shape index (κ2) is 11.7. The maximum Gasteiger partial charge on any atom is 0.196 e. The molecule has 1 aromatic heterocycles. The molecule has 0 N–H and O–H groups in total. The minimum Gasteiger partial charge on any atom is -0.497 e. The number of methoxy groups -OCH3 is 2. The smallest absolute Gasteiger partial charge is 0.196 e. The molecule has 9 heteroatoms. The molecule has 0 unspecified atom stereocenters. The molecule has 0 saturated carbocycles. The molecule has 1 heterocycles. The van der Waals surface area contributed by atoms with Gasteiger partial charge in [0.15, 0.2) is 10.9 Å². The number of benzene rings is 3. The Morgan fingerprint density at radius 2 is 1.58 bits per heavy atom. The van der Waals surface area contributed by atoms with E-state index in [4.69, 9.17) is 14.2 Å². The number of hydrogen-bond acceptors (Lipinski definition) is 7. The lowest BCUT2D eigenvalue weighted by Gasteiger charge is -2.11. The number of thioether (sulfide) groups is 1. The van der Waals surface area contributed by atoms with Gasteiger partial charge >= 0.3 is 0 Å². The van der Waals surface area contributed by atoms with Gasteiger partial charge in [0, 0.05) is 18.2 Å². The number of Topliss-reactive ketones (excluding diaryl/α,β-unsaturated/α-hetero) is 1. The van der Waals surface area contributed by atoms with E-state index >= 15 is 0 Å². The van der Waals surface area contributed by atoms with Crippen molar-refractivity contribution >= 4 is 17.5 Å². The third-order valence-corrected chi connectivity index (χ3v) is 6.37. The number of halogens is 1. The van der Waals surface area contributed by atoms with Gasteiger partial charge in [-0.15, -0.1) is 10.2 Å². The van der Waals surface area contributed by atoms with Crippen LogP contribution in [0.4, 0.5) is 4.39 Å². The van der Waals surface area contributed by atoms with Crippen LogP contribution in [0.1, 0.15) is 28.7 Å². The molecule has 7 nitrogen and oxygen atoms in total. The molecular weight excluding hydrogens is 481 g/mol. The lowest BCUT2D eigenvalue weighted by Crippen LogP contribution is -2.08. The van der Waals surface area contributed by atoms with Gasteiger partial charge in [0.1, 0.15) is 28.9 Å². The maximum atomic E-state index is 14.4. The molecule has 0 spiro atoms. The Balaban J connectivity index is 1.59. The Labute approximate surface area is 213 Å². The first-order valence-corrected chi connectivity index (χ1v) is 12.3. The summed E-state index contributed by atoms with van der Waals surface area (Å²) in [5.74, 6) is 1.62. The van der Waals surface area contributed by atoms with Crippen molar-refractivity contribution in [3.05, 3.63) is 89.5 Å². The normalized spacial score (nSPS) is 10.8. The molecule has 186 valence electrons. The molecule has 0 aliphatic rings. The van der Waals surface area contributed by atoms with Crippen LogP contribution >= 0.6 is 11.8 Å². The van der Waals surface area contributed by atoms with Gasteiger partial charge in [-0.1, -0.05) is 23.9 Å². The van der Waals surface area contributed by atoms with Crippen LogP contribution in [-0.4, -0.2) is 47.1 Å². The Morgan fingerprint density at radius 3 is 2.22 bits per heavy atom. The van der Waals surface area contributed by atoms with Crippen molar-refractivity contribution in [3.63, 3.8) is 0 Å². The number of ether oxygens (including phenoxy) is 3. The van der Waals surface area contributed by atoms with Gasteiger partial charge in [-0.2, -0.15) is 0 Å². The van der Waals surface area contributed by atoms with Crippen LogP contribution in [0.25, 0.3) is 5.69 Å². The van der Waals surface area contributed by atoms with E-state index in [2.05, 4.69) is 10.2 Å². The molecule has 0 radical (unpaired) electrons. The average Bonchev–Trinajstić information content (AvgIpc) is 3.30. The fourth-order valence-electron chi connectivity index (χ4n) is 3.61. The number of carbonyl (C=O) groups is 1. The number of carbonyl (C=O) groups excluding carboxylic acids is 1. The summed E-state index contributed by atoms with van der Waals surface area (Å²) < 4.78 is 32.1. The molecule has 4 aromatic rings. The summed E-state index contributed by atoms with van der Waals surface area (Å²) in [6.45, 7) is 2.54. The van der Waals surface area contributed by atoms with Crippen LogP contribution < -0.4 is 14.2 Å². The van der Waals surface area contributed by atoms with E-state index in [0.717, 1.165) is 22.7 Å². The third-order valence-electron chi connectivity index (χ3n) is 5.44. The van der Waals surface area contributed by atoms with Gasteiger partial charge in [0.05, 0.1) is 32.1 Å². The minimum absolute atomic E-state index is 0.000586. The zero-order valence-corrected chi connectivity index (χ0v) is 21.0. The van der Waals surface area contributed by atoms with E-state index in [1.165, 1.54) is 31.0 Å². The summed E-state index contributed by atoms with van der Waals surface area (Å²) in [5.41, 5.74) is 1.87. The summed E-state index contributed by atoms with van der Waals surface area (Å²) in [7, 11) is 3.05. The van der Waals surface area contributed by atoms with Crippen LogP contribution in [0.3, 0.4) is 0 Å². The summed E-state index contributed by atoms with van der Waals surface area (Å²) >= 11 is 1.20. The number of aromatic nitrogens is 3. The summed E-state index contributed by atoms with van der Waals surface area (Å²) in [6, 6.07) is 19.5. The second-order valence-corrected chi connectivity index (χ2v) is 8.69. The monoisotopic (exact) mass is 507 g/mol. The summed E-state index contributed by atoms with van der Waals surface area (Å²) in [4.78, 5) is 12.8. The Kier molecular flexibility index (Phi) is 8.22. The molecule has 0 fully saturated rings. The molecule has 0 aliphatic heterocycles. The number of rotatable bonds is 11. The van der Waals surface area contributed by atoms with Gasteiger partial charge in [-0.3, -0.25) is 9.36 Å². The Hall–Kier alpha value is -3.85. The van der Waals surface area contributed by atoms with E-state index < -0.39 is 5.82 Å². The maximum absolute atomic E-state index is 14.4. The van der Waals surface area contributed by atoms with Gasteiger partial charge in [-0.25, -0.2) is 4.39 Å². The standard InChI is InChI=1S/C27H26FN3O4S/c1-4-35-21-9-5-18(6-10-21)15-26-29-30-27(31(26)19-7-11-20(33-2)12-8-19)36-17-25(32)23-14-13-22(34-3)16-24(23)28/h5-14,16H,4,15,17H2,1-3H3. The highest BCUT2D eigenvalue weighted by Crippen LogP contribution is 2.27. The van der Waals surface area contributed by atoms with Gasteiger partial charge in [-0.05, 0) is 61.0 Å². The van der Waals surface area contributed by atoms with E-state index in [1.54, 1.807) is 13.2 Å². The van der Waals surface area contributed by atoms with E-state index in [1.807, 2.05) is 60.0 Å². The SMILES string of the molecule is CCOc1ccc(Cc2nnc(SCC(=O)c3ccc(OC)cc3F)n2-c2ccc(OC)cc2)cc1. The summed E-state index contributed by atoms with van der Waals surface area (Å²) in [5, 5.41) is 9.29. The highest BCUT2D eigenvalue weighted by molar-refractivity contribution is 7.99. The van der Waals surface area contributed by atoms with E-state index in [9.17, 15) is 9.18 Å². The zero-order chi connectivity index (χ0) is 25.5. The molecule has 36 heavy (non-hydrogen) atoms. The number of nitrogens with zero attached hydrogens (tertiary/aromatic N) is 3. The van der Waals surface area contributed by atoms with Crippen molar-refractivity contribution in [1.82, 2.24) is 14.8 Å². The van der Waals surface area contributed by atoms with E-state index in [-0.39, 0.29) is 17.1 Å². The van der Waals surface area contributed by atoms with Gasteiger partial charge in [0.25, 0.3) is 0 Å². The Morgan fingerprint density at radius 1 is 0.917 bits per heavy atom. The first kappa shape index (κ1) is 25.2. The van der Waals surface area contributed by atoms with Crippen molar-refractivity contribution in [3.8, 4) is 22.9 Å². The predicted octanol–water partition coefficient (Wildman–Crippen LogP) is 5.39. The van der Waals surface area contributed by atoms with E-state index in [0.29, 0.717) is 29.8 Å². The summed E-state index contributed by atoms with van der Waals surface area (Å²) in [6.07, 6.45) is 0.521. The second-order valence-electron chi connectivity index (χ2n) is 7.74. The predicted molar refractivity (Wildman–Crippen MR) is 136 cm³/mol. The fraction of sp³-hybridized carbons (Fsp3) is 0.222. The quantitative estimate of drug-likeness (QED) is 0.199. The highest BCUT2D eigenvalue weighted by atomic mass is 32.2. The molecule has 0 atom stereocenters. The molecule has 4 rings (SSSR count). The molecular formula is C27H26FN3O4S. The van der Waals surface area contributed by atoms with Crippen LogP contribution in [0.2, 0.25) is 0 Å². The first-order valence-electron chi connectivity index (χ1n) is 11.3. The highest BCUT2D eigenvalue weighted by Gasteiger charge is 2.19. The molecule has 0 amide bonds. The first-order chi connectivity index (χ1) is 17.5. The van der Waals surface area contributed by atoms with Crippen molar-refractivity contribution in [1.29, 1.82) is 0 Å².